The molecule has 0 rings (SSSR count). The van der Waals surface area contributed by atoms with Crippen LogP contribution in [0.25, 0.3) is 0 Å². The fraction of sp³-hybridized carbons (Fsp3) is 0.500. The van der Waals surface area contributed by atoms with Gasteiger partial charge in [-0.2, -0.15) is 0 Å². The summed E-state index contributed by atoms with van der Waals surface area (Å²) >= 11 is 0. The van der Waals surface area contributed by atoms with E-state index in [1.54, 1.807) is 0 Å². The number of carboxylic acids is 2. The summed E-state index contributed by atoms with van der Waals surface area (Å²) in [4.78, 5) is 17.8. The van der Waals surface area contributed by atoms with Crippen LogP contribution >= 0.6 is 0 Å². The smallest absolute Gasteiger partial charge is 0.0383 e. The molecule has 0 atom stereocenters. The van der Waals surface area contributed by atoms with Crippen molar-refractivity contribution in [3.05, 3.63) is 0 Å². The van der Waals surface area contributed by atoms with E-state index in [-0.39, 0.29) is 17.1 Å². The summed E-state index contributed by atoms with van der Waals surface area (Å²) in [7, 11) is 0. The summed E-state index contributed by atoms with van der Waals surface area (Å²) in [6.45, 7) is 1.94. The third kappa shape index (κ3) is 761. The van der Waals surface area contributed by atoms with E-state index < -0.39 is 11.9 Å². The van der Waals surface area contributed by atoms with Crippen LogP contribution in [0.3, 0.4) is 0 Å². The zero-order valence-electron chi connectivity index (χ0n) is 4.93. The molecule has 0 aromatic rings. The van der Waals surface area contributed by atoms with E-state index in [9.17, 15) is 0 Å². The standard InChI is InChI=1S/2C2H4O2.Cu/c2*1-2(3)4;/h2*1H3,(H,3,4);/p-2. The van der Waals surface area contributed by atoms with Crippen molar-refractivity contribution in [2.45, 2.75) is 13.8 Å². The zero-order chi connectivity index (χ0) is 7.15. The molecule has 0 aliphatic heterocycles. The summed E-state index contributed by atoms with van der Waals surface area (Å²) in [5.74, 6) is -2.17. The van der Waals surface area contributed by atoms with Crippen molar-refractivity contribution in [1.29, 1.82) is 0 Å². The molecule has 0 bridgehead atoms. The Kier molecular flexibility index (Phi) is 18.3. The maximum atomic E-state index is 8.89. The van der Waals surface area contributed by atoms with Crippen LogP contribution in [-0.2, 0) is 26.7 Å². The Hall–Kier alpha value is -0.541. The van der Waals surface area contributed by atoms with Crippen molar-refractivity contribution >= 4 is 11.9 Å². The van der Waals surface area contributed by atoms with Gasteiger partial charge < -0.3 is 19.8 Å². The van der Waals surface area contributed by atoms with E-state index in [0.717, 1.165) is 13.8 Å². The average molecular weight is 182 g/mol. The van der Waals surface area contributed by atoms with Gasteiger partial charge >= 0.3 is 0 Å². The molecule has 0 saturated carbocycles. The largest absolute Gasteiger partial charge is 0.550 e. The van der Waals surface area contributed by atoms with Crippen molar-refractivity contribution in [2.24, 2.45) is 0 Å². The van der Waals surface area contributed by atoms with Gasteiger partial charge in [-0.15, -0.1) is 0 Å². The van der Waals surface area contributed by atoms with Crippen molar-refractivity contribution in [3.63, 3.8) is 0 Å². The molecular formula is C4H6CuO4-2. The number of carboxylic acid groups (broad SMARTS) is 2. The molecule has 0 heterocycles. The quantitative estimate of drug-likeness (QED) is 0.388. The summed E-state index contributed by atoms with van der Waals surface area (Å²) in [6.07, 6.45) is 0. The van der Waals surface area contributed by atoms with Gasteiger partial charge in [0, 0.05) is 29.0 Å². The van der Waals surface area contributed by atoms with Gasteiger partial charge in [-0.05, 0) is 13.8 Å². The second-order valence-corrected chi connectivity index (χ2v) is 0.983. The zero-order valence-corrected chi connectivity index (χ0v) is 5.88. The van der Waals surface area contributed by atoms with Gasteiger partial charge in [0.05, 0.1) is 0 Å². The summed E-state index contributed by atoms with van der Waals surface area (Å²) in [5, 5.41) is 17.8. The first kappa shape index (κ1) is 15.8. The molecule has 0 saturated heterocycles. The van der Waals surface area contributed by atoms with Crippen LogP contribution in [0, 0.1) is 0 Å². The molecule has 0 aliphatic rings. The molecule has 0 fully saturated rings. The number of carbonyl (C=O) groups is 2. The molecule has 4 nitrogen and oxygen atoms in total. The van der Waals surface area contributed by atoms with Gasteiger partial charge in [0.1, 0.15) is 0 Å². The first-order valence-corrected chi connectivity index (χ1v) is 1.82. The molecule has 0 unspecified atom stereocenters. The van der Waals surface area contributed by atoms with Crippen LogP contribution in [-0.4, -0.2) is 11.9 Å². The predicted molar refractivity (Wildman–Crippen MR) is 21.4 cm³/mol. The molecule has 0 aliphatic carbocycles. The van der Waals surface area contributed by atoms with Crippen LogP contribution < -0.4 is 10.2 Å². The van der Waals surface area contributed by atoms with Crippen LogP contribution in [0.5, 0.6) is 0 Å². The van der Waals surface area contributed by atoms with Gasteiger partial charge in [-0.3, -0.25) is 0 Å². The fourth-order valence-corrected chi connectivity index (χ4v) is 0. The van der Waals surface area contributed by atoms with E-state index in [4.69, 9.17) is 19.8 Å². The Labute approximate surface area is 63.3 Å². The van der Waals surface area contributed by atoms with Crippen molar-refractivity contribution in [3.8, 4) is 0 Å². The van der Waals surface area contributed by atoms with E-state index in [0.29, 0.717) is 0 Å². The normalized spacial score (nSPS) is 5.56. The Morgan fingerprint density at radius 3 is 1.00 bits per heavy atom. The van der Waals surface area contributed by atoms with Crippen LogP contribution in [0.4, 0.5) is 0 Å². The monoisotopic (exact) mass is 181 g/mol. The van der Waals surface area contributed by atoms with Crippen molar-refractivity contribution in [1.82, 2.24) is 0 Å². The van der Waals surface area contributed by atoms with Gasteiger partial charge in [0.25, 0.3) is 0 Å². The SMILES string of the molecule is CC(=O)[O-].CC(=O)[O-].[Cu]. The minimum Gasteiger partial charge on any atom is -0.550 e. The second kappa shape index (κ2) is 10.4. The van der Waals surface area contributed by atoms with Crippen LogP contribution in [0.15, 0.2) is 0 Å². The summed E-state index contributed by atoms with van der Waals surface area (Å²) < 4.78 is 0. The predicted octanol–water partition coefficient (Wildman–Crippen LogP) is -2.49. The molecule has 59 valence electrons. The number of hydrogen-bond acceptors (Lipinski definition) is 4. The van der Waals surface area contributed by atoms with E-state index in [1.165, 1.54) is 0 Å². The van der Waals surface area contributed by atoms with Crippen LogP contribution in [0.2, 0.25) is 0 Å². The number of carbonyl (C=O) groups excluding carboxylic acids is 2. The molecule has 0 amide bonds. The molecule has 9 heavy (non-hydrogen) atoms. The summed E-state index contributed by atoms with van der Waals surface area (Å²) in [5.41, 5.74) is 0. The van der Waals surface area contributed by atoms with Crippen LogP contribution in [0.1, 0.15) is 13.8 Å². The molecule has 0 aromatic heterocycles. The fourth-order valence-electron chi connectivity index (χ4n) is 0. The maximum Gasteiger partial charge on any atom is 0.0383 e. The Morgan fingerprint density at radius 1 is 1.00 bits per heavy atom. The minimum atomic E-state index is -1.08. The van der Waals surface area contributed by atoms with Gasteiger partial charge in [0.2, 0.25) is 0 Å². The average Bonchev–Trinajstić information content (AvgIpc) is 1.25. The minimum absolute atomic E-state index is 0. The first-order valence-electron chi connectivity index (χ1n) is 1.82. The molecule has 0 spiro atoms. The molecule has 0 N–H and O–H groups in total. The van der Waals surface area contributed by atoms with Gasteiger partial charge in [0.15, 0.2) is 0 Å². The molecule has 1 radical (unpaired) electrons. The first-order chi connectivity index (χ1) is 3.46. The number of aliphatic carboxylic acids is 2. The Balaban J connectivity index is -0.0000000720. The Morgan fingerprint density at radius 2 is 1.00 bits per heavy atom. The van der Waals surface area contributed by atoms with E-state index in [2.05, 4.69) is 0 Å². The maximum absolute atomic E-state index is 8.89. The summed E-state index contributed by atoms with van der Waals surface area (Å²) in [6, 6.07) is 0. The van der Waals surface area contributed by atoms with Crippen molar-refractivity contribution < 1.29 is 36.9 Å². The molecule has 0 aromatic carbocycles. The number of rotatable bonds is 0. The Bertz CT molecular complexity index is 70.6. The number of hydrogen-bond donors (Lipinski definition) is 0. The second-order valence-electron chi connectivity index (χ2n) is 0.983. The van der Waals surface area contributed by atoms with Gasteiger partial charge in [-0.25, -0.2) is 0 Å². The van der Waals surface area contributed by atoms with Gasteiger partial charge in [-0.1, -0.05) is 0 Å². The third-order valence-electron chi connectivity index (χ3n) is 0. The molecule has 5 heteroatoms. The van der Waals surface area contributed by atoms with E-state index >= 15 is 0 Å². The van der Waals surface area contributed by atoms with E-state index in [1.807, 2.05) is 0 Å². The van der Waals surface area contributed by atoms with Crippen molar-refractivity contribution in [2.75, 3.05) is 0 Å². The topological polar surface area (TPSA) is 80.3 Å². The molecular weight excluding hydrogens is 176 g/mol. The third-order valence-corrected chi connectivity index (χ3v) is 0.